The Morgan fingerprint density at radius 1 is 1.12 bits per heavy atom. The average molecular weight is 329 g/mol. The minimum absolute atomic E-state index is 0.696. The normalized spacial score (nSPS) is 18.1. The molecule has 16 heavy (non-hydrogen) atoms. The average Bonchev–Trinajstić information content (AvgIpc) is 2.51. The van der Waals surface area contributed by atoms with Crippen molar-refractivity contribution < 1.29 is 0 Å². The van der Waals surface area contributed by atoms with E-state index in [0.29, 0.717) is 6.04 Å². The van der Waals surface area contributed by atoms with Crippen LogP contribution in [0.4, 0.5) is 5.69 Å². The SMILES string of the molecule is Cc1cc(I)ccc1NC1CCCCCC1. The molecule has 0 amide bonds. The van der Waals surface area contributed by atoms with Gasteiger partial charge in [-0.05, 0) is 66.1 Å². The molecule has 1 fully saturated rings. The van der Waals surface area contributed by atoms with Crippen molar-refractivity contribution in [2.75, 3.05) is 5.32 Å². The van der Waals surface area contributed by atoms with Crippen LogP contribution in [0.3, 0.4) is 0 Å². The maximum absolute atomic E-state index is 3.71. The Hall–Kier alpha value is -0.250. The summed E-state index contributed by atoms with van der Waals surface area (Å²) < 4.78 is 1.32. The van der Waals surface area contributed by atoms with Gasteiger partial charge in [0.1, 0.15) is 0 Å². The summed E-state index contributed by atoms with van der Waals surface area (Å²) in [6.07, 6.45) is 8.30. The minimum atomic E-state index is 0.696. The van der Waals surface area contributed by atoms with Crippen LogP contribution in [-0.4, -0.2) is 6.04 Å². The fraction of sp³-hybridized carbons (Fsp3) is 0.571. The van der Waals surface area contributed by atoms with E-state index in [1.807, 2.05) is 0 Å². The highest BCUT2D eigenvalue weighted by Gasteiger charge is 2.12. The second-order valence-corrected chi connectivity index (χ2v) is 6.04. The molecule has 1 aromatic rings. The van der Waals surface area contributed by atoms with Crippen LogP contribution in [0.25, 0.3) is 0 Å². The molecule has 0 bridgehead atoms. The molecule has 2 rings (SSSR count). The van der Waals surface area contributed by atoms with Crippen molar-refractivity contribution >= 4 is 28.3 Å². The Morgan fingerprint density at radius 3 is 2.44 bits per heavy atom. The molecule has 0 saturated heterocycles. The maximum atomic E-state index is 3.71. The Balaban J connectivity index is 2.01. The van der Waals surface area contributed by atoms with Gasteiger partial charge in [0.05, 0.1) is 0 Å². The Morgan fingerprint density at radius 2 is 1.81 bits per heavy atom. The molecule has 1 aliphatic carbocycles. The quantitative estimate of drug-likeness (QED) is 0.611. The van der Waals surface area contributed by atoms with E-state index >= 15 is 0 Å². The standard InChI is InChI=1S/C14H20IN/c1-11-10-12(15)8-9-14(11)16-13-6-4-2-3-5-7-13/h8-10,13,16H,2-7H2,1H3. The van der Waals surface area contributed by atoms with Crippen molar-refractivity contribution in [3.05, 3.63) is 27.3 Å². The largest absolute Gasteiger partial charge is 0.382 e. The first-order chi connectivity index (χ1) is 7.75. The van der Waals surface area contributed by atoms with Gasteiger partial charge < -0.3 is 5.32 Å². The highest BCUT2D eigenvalue weighted by atomic mass is 127. The Labute approximate surface area is 112 Å². The lowest BCUT2D eigenvalue weighted by atomic mass is 10.1. The molecule has 88 valence electrons. The highest BCUT2D eigenvalue weighted by Crippen LogP contribution is 2.24. The van der Waals surface area contributed by atoms with E-state index in [-0.39, 0.29) is 0 Å². The maximum Gasteiger partial charge on any atom is 0.0372 e. The van der Waals surface area contributed by atoms with Crippen LogP contribution in [0.2, 0.25) is 0 Å². The van der Waals surface area contributed by atoms with Crippen molar-refractivity contribution in [3.63, 3.8) is 0 Å². The van der Waals surface area contributed by atoms with Gasteiger partial charge in [-0.15, -0.1) is 0 Å². The van der Waals surface area contributed by atoms with E-state index in [2.05, 4.69) is 53.0 Å². The molecule has 0 aromatic heterocycles. The van der Waals surface area contributed by atoms with E-state index in [9.17, 15) is 0 Å². The number of nitrogens with one attached hydrogen (secondary N) is 1. The summed E-state index contributed by atoms with van der Waals surface area (Å²) in [6, 6.07) is 7.36. The lowest BCUT2D eigenvalue weighted by molar-refractivity contribution is 0.619. The number of anilines is 1. The topological polar surface area (TPSA) is 12.0 Å². The molecule has 0 radical (unpaired) electrons. The van der Waals surface area contributed by atoms with Gasteiger partial charge in [0.15, 0.2) is 0 Å². The number of hydrogen-bond donors (Lipinski definition) is 1. The van der Waals surface area contributed by atoms with Gasteiger partial charge in [0.2, 0.25) is 0 Å². The lowest BCUT2D eigenvalue weighted by Gasteiger charge is -2.19. The van der Waals surface area contributed by atoms with E-state index in [4.69, 9.17) is 0 Å². The van der Waals surface area contributed by atoms with Gasteiger partial charge in [-0.3, -0.25) is 0 Å². The first-order valence-electron chi connectivity index (χ1n) is 6.28. The molecule has 1 aromatic carbocycles. The first kappa shape index (κ1) is 12.2. The predicted octanol–water partition coefficient (Wildman–Crippen LogP) is 4.73. The zero-order valence-electron chi connectivity index (χ0n) is 9.93. The van der Waals surface area contributed by atoms with Crippen LogP contribution >= 0.6 is 22.6 Å². The summed E-state index contributed by atoms with van der Waals surface area (Å²) in [4.78, 5) is 0. The van der Waals surface area contributed by atoms with Crippen LogP contribution in [0.1, 0.15) is 44.1 Å². The molecule has 0 unspecified atom stereocenters. The van der Waals surface area contributed by atoms with Gasteiger partial charge in [-0.2, -0.15) is 0 Å². The highest BCUT2D eigenvalue weighted by molar-refractivity contribution is 14.1. The van der Waals surface area contributed by atoms with Crippen LogP contribution in [0, 0.1) is 10.5 Å². The minimum Gasteiger partial charge on any atom is -0.382 e. The third-order valence-corrected chi connectivity index (χ3v) is 4.07. The molecular formula is C14H20IN. The summed E-state index contributed by atoms with van der Waals surface area (Å²) in [6.45, 7) is 2.20. The molecular weight excluding hydrogens is 309 g/mol. The summed E-state index contributed by atoms with van der Waals surface area (Å²) >= 11 is 2.37. The van der Waals surface area contributed by atoms with Crippen molar-refractivity contribution in [2.45, 2.75) is 51.5 Å². The Kier molecular flexibility index (Phi) is 4.50. The summed E-state index contributed by atoms with van der Waals surface area (Å²) in [7, 11) is 0. The fourth-order valence-electron chi connectivity index (χ4n) is 2.43. The lowest BCUT2D eigenvalue weighted by Crippen LogP contribution is -2.18. The summed E-state index contributed by atoms with van der Waals surface area (Å²) in [5.74, 6) is 0. The molecule has 0 spiro atoms. The number of benzene rings is 1. The zero-order valence-corrected chi connectivity index (χ0v) is 12.1. The smallest absolute Gasteiger partial charge is 0.0372 e. The molecule has 1 N–H and O–H groups in total. The predicted molar refractivity (Wildman–Crippen MR) is 79.0 cm³/mol. The van der Waals surface area contributed by atoms with Gasteiger partial charge in [-0.1, -0.05) is 25.7 Å². The number of rotatable bonds is 2. The van der Waals surface area contributed by atoms with Crippen LogP contribution < -0.4 is 5.32 Å². The van der Waals surface area contributed by atoms with Crippen molar-refractivity contribution in [3.8, 4) is 0 Å². The summed E-state index contributed by atoms with van der Waals surface area (Å²) in [5, 5.41) is 3.71. The van der Waals surface area contributed by atoms with E-state index in [1.54, 1.807) is 0 Å². The third-order valence-electron chi connectivity index (χ3n) is 3.40. The van der Waals surface area contributed by atoms with Crippen LogP contribution in [-0.2, 0) is 0 Å². The molecule has 0 atom stereocenters. The van der Waals surface area contributed by atoms with Crippen molar-refractivity contribution in [1.82, 2.24) is 0 Å². The van der Waals surface area contributed by atoms with Crippen LogP contribution in [0.5, 0.6) is 0 Å². The first-order valence-corrected chi connectivity index (χ1v) is 7.36. The van der Waals surface area contributed by atoms with Gasteiger partial charge in [0.25, 0.3) is 0 Å². The molecule has 0 heterocycles. The number of aryl methyl sites for hydroxylation is 1. The molecule has 1 nitrogen and oxygen atoms in total. The van der Waals surface area contributed by atoms with Crippen molar-refractivity contribution in [1.29, 1.82) is 0 Å². The van der Waals surface area contributed by atoms with Gasteiger partial charge in [0, 0.05) is 15.3 Å². The second kappa shape index (κ2) is 5.89. The molecule has 1 aliphatic rings. The monoisotopic (exact) mass is 329 g/mol. The third kappa shape index (κ3) is 3.37. The number of hydrogen-bond acceptors (Lipinski definition) is 1. The van der Waals surface area contributed by atoms with E-state index in [1.165, 1.54) is 53.3 Å². The zero-order chi connectivity index (χ0) is 11.4. The molecule has 1 saturated carbocycles. The molecule has 2 heteroatoms. The summed E-state index contributed by atoms with van der Waals surface area (Å²) in [5.41, 5.74) is 2.70. The Bertz CT molecular complexity index is 341. The van der Waals surface area contributed by atoms with Crippen LogP contribution in [0.15, 0.2) is 18.2 Å². The number of halogens is 1. The second-order valence-electron chi connectivity index (χ2n) is 4.79. The van der Waals surface area contributed by atoms with Gasteiger partial charge >= 0.3 is 0 Å². The van der Waals surface area contributed by atoms with Gasteiger partial charge in [-0.25, -0.2) is 0 Å². The van der Waals surface area contributed by atoms with Crippen molar-refractivity contribution in [2.24, 2.45) is 0 Å². The van der Waals surface area contributed by atoms with E-state index in [0.717, 1.165) is 0 Å². The molecule has 0 aliphatic heterocycles. The fourth-order valence-corrected chi connectivity index (χ4v) is 3.08. The van der Waals surface area contributed by atoms with E-state index < -0.39 is 0 Å².